The van der Waals surface area contributed by atoms with Gasteiger partial charge >= 0.3 is 0 Å². The zero-order valence-corrected chi connectivity index (χ0v) is 11.6. The Hall–Kier alpha value is -0.980. The van der Waals surface area contributed by atoms with Crippen LogP contribution in [-0.2, 0) is 17.3 Å². The summed E-state index contributed by atoms with van der Waals surface area (Å²) in [6, 6.07) is 4.59. The molecule has 18 heavy (non-hydrogen) atoms. The first-order valence-electron chi connectivity index (χ1n) is 5.53. The Morgan fingerprint density at radius 2 is 2.22 bits per heavy atom. The predicted molar refractivity (Wildman–Crippen MR) is 73.4 cm³/mol. The zero-order chi connectivity index (χ0) is 13.5. The predicted octanol–water partition coefficient (Wildman–Crippen LogP) is 2.11. The van der Waals surface area contributed by atoms with Gasteiger partial charge in [0.05, 0.1) is 4.92 Å². The van der Waals surface area contributed by atoms with Gasteiger partial charge in [0.15, 0.2) is 0 Å². The third-order valence-electron chi connectivity index (χ3n) is 2.39. The number of hydrogen-bond donors (Lipinski definition) is 1. The Morgan fingerprint density at radius 1 is 1.50 bits per heavy atom. The van der Waals surface area contributed by atoms with Gasteiger partial charge in [-0.3, -0.25) is 14.3 Å². The van der Waals surface area contributed by atoms with Crippen LogP contribution in [0.3, 0.4) is 0 Å². The first kappa shape index (κ1) is 15.1. The molecule has 1 aromatic rings. The average molecular weight is 291 g/mol. The lowest BCUT2D eigenvalue weighted by molar-refractivity contribution is -0.385. The molecule has 0 aliphatic heterocycles. The van der Waals surface area contributed by atoms with E-state index in [4.69, 9.17) is 11.6 Å². The monoisotopic (exact) mass is 290 g/mol. The summed E-state index contributed by atoms with van der Waals surface area (Å²) in [4.78, 5) is 10.4. The van der Waals surface area contributed by atoms with E-state index in [2.05, 4.69) is 5.32 Å². The zero-order valence-electron chi connectivity index (χ0n) is 10.0. The van der Waals surface area contributed by atoms with Crippen molar-refractivity contribution in [3.05, 3.63) is 38.9 Å². The van der Waals surface area contributed by atoms with Gasteiger partial charge in [-0.25, -0.2) is 0 Å². The summed E-state index contributed by atoms with van der Waals surface area (Å²) in [5.74, 6) is 1.18. The SMILES string of the molecule is CCS(=O)CCNCc1ccc(Cl)cc1[N+](=O)[O-]. The van der Waals surface area contributed by atoms with Crippen LogP contribution in [0.15, 0.2) is 18.2 Å². The third-order valence-corrected chi connectivity index (χ3v) is 3.93. The molecule has 1 unspecified atom stereocenters. The van der Waals surface area contributed by atoms with Crippen LogP contribution in [0.25, 0.3) is 0 Å². The number of halogens is 1. The van der Waals surface area contributed by atoms with Crippen LogP contribution < -0.4 is 5.32 Å². The van der Waals surface area contributed by atoms with Crippen molar-refractivity contribution in [1.82, 2.24) is 5.32 Å². The van der Waals surface area contributed by atoms with Gasteiger partial charge in [0.2, 0.25) is 0 Å². The van der Waals surface area contributed by atoms with Gasteiger partial charge in [0.25, 0.3) is 5.69 Å². The molecule has 1 N–H and O–H groups in total. The van der Waals surface area contributed by atoms with Crippen LogP contribution in [-0.4, -0.2) is 27.2 Å². The highest BCUT2D eigenvalue weighted by molar-refractivity contribution is 7.84. The molecule has 0 saturated heterocycles. The van der Waals surface area contributed by atoms with Crippen LogP contribution >= 0.6 is 11.6 Å². The Labute approximate surface area is 113 Å². The third kappa shape index (κ3) is 4.72. The highest BCUT2D eigenvalue weighted by Gasteiger charge is 2.13. The molecule has 0 fully saturated rings. The van der Waals surface area contributed by atoms with E-state index in [9.17, 15) is 14.3 Å². The van der Waals surface area contributed by atoms with Gasteiger partial charge < -0.3 is 5.32 Å². The number of nitro groups is 1. The first-order valence-corrected chi connectivity index (χ1v) is 7.39. The van der Waals surface area contributed by atoms with Gasteiger partial charge in [-0.2, -0.15) is 0 Å². The average Bonchev–Trinajstić information content (AvgIpc) is 2.35. The summed E-state index contributed by atoms with van der Waals surface area (Å²) in [7, 11) is -0.820. The minimum absolute atomic E-state index is 0.00612. The van der Waals surface area contributed by atoms with Gasteiger partial charge in [-0.15, -0.1) is 0 Å². The van der Waals surface area contributed by atoms with Crippen molar-refractivity contribution >= 4 is 28.1 Å². The van der Waals surface area contributed by atoms with E-state index in [0.29, 0.717) is 35.2 Å². The van der Waals surface area contributed by atoms with Crippen molar-refractivity contribution in [3.63, 3.8) is 0 Å². The van der Waals surface area contributed by atoms with Crippen molar-refractivity contribution in [2.75, 3.05) is 18.1 Å². The number of benzene rings is 1. The van der Waals surface area contributed by atoms with Gasteiger partial charge in [-0.05, 0) is 12.1 Å². The van der Waals surface area contributed by atoms with E-state index >= 15 is 0 Å². The molecule has 1 rings (SSSR count). The topological polar surface area (TPSA) is 72.2 Å². The second kappa shape index (κ2) is 7.45. The van der Waals surface area contributed by atoms with E-state index < -0.39 is 15.7 Å². The molecule has 1 atom stereocenters. The minimum Gasteiger partial charge on any atom is -0.311 e. The van der Waals surface area contributed by atoms with E-state index in [-0.39, 0.29) is 5.69 Å². The fourth-order valence-corrected chi connectivity index (χ4v) is 2.24. The lowest BCUT2D eigenvalue weighted by atomic mass is 10.2. The number of hydrogen-bond acceptors (Lipinski definition) is 4. The summed E-state index contributed by atoms with van der Waals surface area (Å²) in [5.41, 5.74) is 0.582. The summed E-state index contributed by atoms with van der Waals surface area (Å²) < 4.78 is 11.2. The number of rotatable bonds is 7. The van der Waals surface area contributed by atoms with Gasteiger partial charge in [0, 0.05) is 52.0 Å². The molecule has 0 aliphatic carbocycles. The number of nitro benzene ring substituents is 1. The Balaban J connectivity index is 2.56. The molecular weight excluding hydrogens is 276 g/mol. The van der Waals surface area contributed by atoms with Gasteiger partial charge in [0.1, 0.15) is 0 Å². The smallest absolute Gasteiger partial charge is 0.275 e. The Morgan fingerprint density at radius 3 is 2.83 bits per heavy atom. The second-order valence-corrected chi connectivity index (χ2v) is 5.94. The van der Waals surface area contributed by atoms with Crippen LogP contribution in [0.5, 0.6) is 0 Å². The van der Waals surface area contributed by atoms with Crippen molar-refractivity contribution in [3.8, 4) is 0 Å². The fourth-order valence-electron chi connectivity index (χ4n) is 1.41. The van der Waals surface area contributed by atoms with Crippen LogP contribution in [0, 0.1) is 10.1 Å². The Kier molecular flexibility index (Phi) is 6.24. The maximum Gasteiger partial charge on any atom is 0.275 e. The highest BCUT2D eigenvalue weighted by atomic mass is 35.5. The quantitative estimate of drug-likeness (QED) is 0.474. The summed E-state index contributed by atoms with van der Waals surface area (Å²) in [6.45, 7) is 2.80. The molecule has 0 spiro atoms. The largest absolute Gasteiger partial charge is 0.311 e. The highest BCUT2D eigenvalue weighted by Crippen LogP contribution is 2.22. The summed E-state index contributed by atoms with van der Waals surface area (Å²) in [5, 5.41) is 14.2. The van der Waals surface area contributed by atoms with Crippen molar-refractivity contribution in [1.29, 1.82) is 0 Å². The van der Waals surface area contributed by atoms with Crippen molar-refractivity contribution in [2.24, 2.45) is 0 Å². The second-order valence-electron chi connectivity index (χ2n) is 3.64. The summed E-state index contributed by atoms with van der Waals surface area (Å²) >= 11 is 5.72. The molecule has 0 heterocycles. The molecule has 100 valence electrons. The molecule has 0 saturated carbocycles. The molecule has 0 bridgehead atoms. The van der Waals surface area contributed by atoms with E-state index in [1.54, 1.807) is 12.1 Å². The molecule has 0 aliphatic rings. The molecule has 0 radical (unpaired) electrons. The normalized spacial score (nSPS) is 12.3. The minimum atomic E-state index is -0.820. The maximum atomic E-state index is 11.2. The Bertz CT molecular complexity index is 454. The van der Waals surface area contributed by atoms with E-state index in [0.717, 1.165) is 0 Å². The number of nitrogens with zero attached hydrogens (tertiary/aromatic N) is 1. The lowest BCUT2D eigenvalue weighted by Crippen LogP contribution is -2.21. The number of nitrogens with one attached hydrogen (secondary N) is 1. The fraction of sp³-hybridized carbons (Fsp3) is 0.455. The molecule has 5 nitrogen and oxygen atoms in total. The van der Waals surface area contributed by atoms with Crippen LogP contribution in [0.4, 0.5) is 5.69 Å². The van der Waals surface area contributed by atoms with E-state index in [1.165, 1.54) is 6.07 Å². The maximum absolute atomic E-state index is 11.2. The summed E-state index contributed by atoms with van der Waals surface area (Å²) in [6.07, 6.45) is 0. The molecule has 0 aromatic heterocycles. The van der Waals surface area contributed by atoms with E-state index in [1.807, 2.05) is 6.92 Å². The van der Waals surface area contributed by atoms with Crippen LogP contribution in [0.2, 0.25) is 5.02 Å². The lowest BCUT2D eigenvalue weighted by Gasteiger charge is -2.05. The first-order chi connectivity index (χ1) is 8.54. The van der Waals surface area contributed by atoms with Gasteiger partial charge in [-0.1, -0.05) is 18.5 Å². The van der Waals surface area contributed by atoms with Crippen molar-refractivity contribution in [2.45, 2.75) is 13.5 Å². The molecule has 7 heteroatoms. The van der Waals surface area contributed by atoms with Crippen LogP contribution in [0.1, 0.15) is 12.5 Å². The molecule has 0 amide bonds. The molecule has 1 aromatic carbocycles. The standard InChI is InChI=1S/C11H15ClN2O3S/c1-2-18(17)6-5-13-8-9-3-4-10(12)7-11(9)14(15)16/h3-4,7,13H,2,5-6,8H2,1H3. The van der Waals surface area contributed by atoms with Crippen molar-refractivity contribution < 1.29 is 9.13 Å². The molecular formula is C11H15ClN2O3S.